The van der Waals surface area contributed by atoms with Gasteiger partial charge >= 0.3 is 0 Å². The predicted octanol–water partition coefficient (Wildman–Crippen LogP) is 0.763. The molecule has 0 aromatic rings. The number of nitrogens with one attached hydrogen (secondary N) is 1. The summed E-state index contributed by atoms with van der Waals surface area (Å²) in [4.78, 5) is 4.56. The van der Waals surface area contributed by atoms with Crippen LogP contribution in [0.15, 0.2) is 0 Å². The van der Waals surface area contributed by atoms with Gasteiger partial charge in [-0.15, -0.1) is 0 Å². The topological polar surface area (TPSA) is 18.5 Å². The molecule has 82 valence electrons. The molecule has 0 radical (unpaired) electrons. The summed E-state index contributed by atoms with van der Waals surface area (Å²) < 4.78 is 0. The number of hydrogen-bond acceptors (Lipinski definition) is 2. The molecule has 4 heteroatoms. The van der Waals surface area contributed by atoms with E-state index in [1.807, 2.05) is 0 Å². The maximum atomic E-state index is 5.30. The second-order valence-electron chi connectivity index (χ2n) is 4.25. The third-order valence-electron chi connectivity index (χ3n) is 2.85. The molecule has 1 aliphatic heterocycles. The molecule has 1 fully saturated rings. The highest BCUT2D eigenvalue weighted by Gasteiger charge is 2.31. The van der Waals surface area contributed by atoms with Gasteiger partial charge in [-0.25, -0.2) is 0 Å². The Hall–Kier alpha value is -0.350. The first-order valence-electron chi connectivity index (χ1n) is 5.25. The average molecular weight is 215 g/mol. The highest BCUT2D eigenvalue weighted by atomic mass is 32.1. The van der Waals surface area contributed by atoms with Crippen molar-refractivity contribution in [2.45, 2.75) is 19.9 Å². The molecular weight excluding hydrogens is 194 g/mol. The van der Waals surface area contributed by atoms with Crippen LogP contribution in [-0.4, -0.2) is 54.7 Å². The molecule has 14 heavy (non-hydrogen) atoms. The van der Waals surface area contributed by atoms with Crippen LogP contribution in [0.4, 0.5) is 0 Å². The van der Waals surface area contributed by atoms with Crippen LogP contribution in [0.3, 0.4) is 0 Å². The Morgan fingerprint density at radius 3 is 2.57 bits per heavy atom. The van der Waals surface area contributed by atoms with Crippen LogP contribution in [0, 0.1) is 5.92 Å². The van der Waals surface area contributed by atoms with Crippen LogP contribution >= 0.6 is 12.2 Å². The third kappa shape index (κ3) is 2.58. The maximum absolute atomic E-state index is 5.30. The molecule has 1 saturated heterocycles. The first-order chi connectivity index (χ1) is 6.56. The Labute approximate surface area is 92.4 Å². The lowest BCUT2D eigenvalue weighted by molar-refractivity contribution is 0.262. The van der Waals surface area contributed by atoms with Crippen molar-refractivity contribution in [2.24, 2.45) is 5.92 Å². The third-order valence-corrected chi connectivity index (χ3v) is 3.25. The Balaban J connectivity index is 2.50. The van der Waals surface area contributed by atoms with Gasteiger partial charge in [0.15, 0.2) is 5.11 Å². The van der Waals surface area contributed by atoms with Crippen LogP contribution in [0.2, 0.25) is 0 Å². The van der Waals surface area contributed by atoms with Crippen molar-refractivity contribution in [2.75, 3.05) is 33.7 Å². The molecule has 0 aliphatic carbocycles. The summed E-state index contributed by atoms with van der Waals surface area (Å²) in [5.41, 5.74) is 0. The minimum atomic E-state index is 0.631. The van der Waals surface area contributed by atoms with E-state index in [1.54, 1.807) is 0 Å². The number of likely N-dealkylation sites (N-methyl/N-ethyl adjacent to an activating group) is 1. The van der Waals surface area contributed by atoms with Crippen molar-refractivity contribution in [3.8, 4) is 0 Å². The molecule has 1 aliphatic rings. The van der Waals surface area contributed by atoms with Crippen molar-refractivity contribution < 1.29 is 0 Å². The quantitative estimate of drug-likeness (QED) is 0.685. The molecule has 1 heterocycles. The Kier molecular flexibility index (Phi) is 4.13. The van der Waals surface area contributed by atoms with Gasteiger partial charge in [0.2, 0.25) is 0 Å². The van der Waals surface area contributed by atoms with Crippen molar-refractivity contribution >= 4 is 17.3 Å². The molecule has 2 unspecified atom stereocenters. The highest BCUT2D eigenvalue weighted by molar-refractivity contribution is 7.80. The number of hydrogen-bond donors (Lipinski definition) is 1. The minimum absolute atomic E-state index is 0.631. The minimum Gasteiger partial charge on any atom is -0.363 e. The van der Waals surface area contributed by atoms with Crippen molar-refractivity contribution in [1.82, 2.24) is 15.1 Å². The molecule has 3 nitrogen and oxygen atoms in total. The van der Waals surface area contributed by atoms with Gasteiger partial charge in [0, 0.05) is 25.7 Å². The molecule has 0 bridgehead atoms. The Morgan fingerprint density at radius 1 is 1.50 bits per heavy atom. The predicted molar refractivity (Wildman–Crippen MR) is 64.5 cm³/mol. The second-order valence-corrected chi connectivity index (χ2v) is 4.64. The van der Waals surface area contributed by atoms with Gasteiger partial charge in [-0.2, -0.15) is 0 Å². The maximum Gasteiger partial charge on any atom is 0.168 e. The highest BCUT2D eigenvalue weighted by Crippen LogP contribution is 2.19. The monoisotopic (exact) mass is 215 g/mol. The van der Waals surface area contributed by atoms with Crippen molar-refractivity contribution in [1.29, 1.82) is 0 Å². The molecule has 0 saturated carbocycles. The molecule has 0 aromatic carbocycles. The Bertz CT molecular complexity index is 206. The smallest absolute Gasteiger partial charge is 0.168 e. The molecule has 2 atom stereocenters. The van der Waals surface area contributed by atoms with Crippen LogP contribution in [0.1, 0.15) is 13.8 Å². The number of nitrogens with zero attached hydrogens (tertiary/aromatic N) is 2. The van der Waals surface area contributed by atoms with Crippen LogP contribution in [-0.2, 0) is 0 Å². The zero-order chi connectivity index (χ0) is 10.7. The summed E-state index contributed by atoms with van der Waals surface area (Å²) in [6, 6.07) is 0.631. The van der Waals surface area contributed by atoms with E-state index >= 15 is 0 Å². The first kappa shape index (κ1) is 11.7. The van der Waals surface area contributed by atoms with Crippen molar-refractivity contribution in [3.63, 3.8) is 0 Å². The normalized spacial score (nSPS) is 27.1. The largest absolute Gasteiger partial charge is 0.363 e. The van der Waals surface area contributed by atoms with Gasteiger partial charge in [-0.3, -0.25) is 0 Å². The van der Waals surface area contributed by atoms with Crippen LogP contribution in [0.25, 0.3) is 0 Å². The van der Waals surface area contributed by atoms with E-state index < -0.39 is 0 Å². The zero-order valence-corrected chi connectivity index (χ0v) is 10.4. The van der Waals surface area contributed by atoms with Gasteiger partial charge in [-0.1, -0.05) is 6.92 Å². The summed E-state index contributed by atoms with van der Waals surface area (Å²) in [5.74, 6) is 0.696. The van der Waals surface area contributed by atoms with E-state index in [0.29, 0.717) is 12.0 Å². The second kappa shape index (κ2) is 4.94. The Morgan fingerprint density at radius 2 is 2.14 bits per heavy atom. The van der Waals surface area contributed by atoms with Gasteiger partial charge < -0.3 is 15.1 Å². The molecule has 0 amide bonds. The summed E-state index contributed by atoms with van der Waals surface area (Å²) in [5, 5.41) is 4.11. The molecule has 1 N–H and O–H groups in total. The van der Waals surface area contributed by atoms with Crippen LogP contribution < -0.4 is 5.32 Å². The SMILES string of the molecule is CCNC(=S)N1CC(C)C(N(C)C)C1. The standard InChI is InChI=1S/C10H21N3S/c1-5-11-10(14)13-6-8(2)9(7-13)12(3)4/h8-9H,5-7H2,1-4H3,(H,11,14). The lowest BCUT2D eigenvalue weighted by Gasteiger charge is -2.23. The first-order valence-corrected chi connectivity index (χ1v) is 5.66. The number of rotatable bonds is 2. The molecule has 0 aromatic heterocycles. The zero-order valence-electron chi connectivity index (χ0n) is 9.58. The fraction of sp³-hybridized carbons (Fsp3) is 0.900. The number of thiocarbonyl (C=S) groups is 1. The van der Waals surface area contributed by atoms with E-state index in [4.69, 9.17) is 12.2 Å². The molecule has 0 spiro atoms. The van der Waals surface area contributed by atoms with E-state index in [2.05, 4.69) is 43.1 Å². The lowest BCUT2D eigenvalue weighted by Crippen LogP contribution is -2.40. The van der Waals surface area contributed by atoms with Gasteiger partial charge in [0.25, 0.3) is 0 Å². The van der Waals surface area contributed by atoms with E-state index in [-0.39, 0.29) is 0 Å². The summed E-state index contributed by atoms with van der Waals surface area (Å²) in [7, 11) is 4.28. The lowest BCUT2D eigenvalue weighted by atomic mass is 10.1. The summed E-state index contributed by atoms with van der Waals surface area (Å²) >= 11 is 5.30. The van der Waals surface area contributed by atoms with Gasteiger partial charge in [0.05, 0.1) is 0 Å². The van der Waals surface area contributed by atoms with E-state index in [1.165, 1.54) is 0 Å². The number of likely N-dealkylation sites (tertiary alicyclic amines) is 1. The van der Waals surface area contributed by atoms with E-state index in [0.717, 1.165) is 24.7 Å². The van der Waals surface area contributed by atoms with Gasteiger partial charge in [-0.05, 0) is 39.2 Å². The summed E-state index contributed by atoms with van der Waals surface area (Å²) in [6.45, 7) is 7.42. The molecule has 1 rings (SSSR count). The fourth-order valence-electron chi connectivity index (χ4n) is 2.05. The summed E-state index contributed by atoms with van der Waals surface area (Å²) in [6.07, 6.45) is 0. The molecular formula is C10H21N3S. The van der Waals surface area contributed by atoms with Gasteiger partial charge in [0.1, 0.15) is 0 Å². The fourth-order valence-corrected chi connectivity index (χ4v) is 2.34. The average Bonchev–Trinajstić information content (AvgIpc) is 2.48. The van der Waals surface area contributed by atoms with E-state index in [9.17, 15) is 0 Å². The van der Waals surface area contributed by atoms with Crippen LogP contribution in [0.5, 0.6) is 0 Å². The van der Waals surface area contributed by atoms with Crippen molar-refractivity contribution in [3.05, 3.63) is 0 Å².